The summed E-state index contributed by atoms with van der Waals surface area (Å²) < 4.78 is 15.4. The van der Waals surface area contributed by atoms with Crippen LogP contribution in [0.3, 0.4) is 0 Å². The average Bonchev–Trinajstić information content (AvgIpc) is 3.21. The summed E-state index contributed by atoms with van der Waals surface area (Å²) in [5.41, 5.74) is 5.07. The zero-order valence-corrected chi connectivity index (χ0v) is 21.1. The molecule has 1 fully saturated rings. The summed E-state index contributed by atoms with van der Waals surface area (Å²) >= 11 is 12.8. The van der Waals surface area contributed by atoms with Crippen LogP contribution in [0, 0.1) is 5.82 Å². The molecule has 0 saturated carbocycles. The van der Waals surface area contributed by atoms with Gasteiger partial charge in [0.05, 0.1) is 16.4 Å². The van der Waals surface area contributed by atoms with Crippen LogP contribution in [0.25, 0.3) is 17.3 Å². The summed E-state index contributed by atoms with van der Waals surface area (Å²) in [7, 11) is 0. The van der Waals surface area contributed by atoms with Crippen molar-refractivity contribution in [1.82, 2.24) is 14.7 Å². The Hall–Kier alpha value is -2.63. The molecule has 2 aliphatic rings. The number of allylic oxidation sites excluding steroid dienone is 1. The first-order valence-corrected chi connectivity index (χ1v) is 13.1. The van der Waals surface area contributed by atoms with E-state index in [1.165, 1.54) is 12.1 Å². The molecular formula is C28H28Cl2FN3O. The number of carbonyl (C=O) groups excluding carboxylic acids is 1. The van der Waals surface area contributed by atoms with Gasteiger partial charge < -0.3 is 4.90 Å². The molecule has 0 N–H and O–H groups in total. The van der Waals surface area contributed by atoms with Gasteiger partial charge in [-0.15, -0.1) is 0 Å². The number of benzene rings is 2. The number of carbonyl (C=O) groups is 1. The lowest BCUT2D eigenvalue weighted by Gasteiger charge is -2.26. The summed E-state index contributed by atoms with van der Waals surface area (Å²) in [5.74, 6) is -0.274. The summed E-state index contributed by atoms with van der Waals surface area (Å²) in [5, 5.41) is 5.93. The minimum absolute atomic E-state index is 0.00788. The van der Waals surface area contributed by atoms with E-state index in [0.29, 0.717) is 21.4 Å². The summed E-state index contributed by atoms with van der Waals surface area (Å²) in [6.07, 6.45) is 9.99. The lowest BCUT2D eigenvalue weighted by Crippen LogP contribution is -2.36. The van der Waals surface area contributed by atoms with Crippen molar-refractivity contribution < 1.29 is 9.18 Å². The largest absolute Gasteiger partial charge is 0.337 e. The van der Waals surface area contributed by atoms with E-state index in [4.69, 9.17) is 28.3 Å². The summed E-state index contributed by atoms with van der Waals surface area (Å²) in [6, 6.07) is 11.8. The number of nitrogens with zero attached hydrogens (tertiary/aromatic N) is 3. The summed E-state index contributed by atoms with van der Waals surface area (Å²) in [4.78, 5) is 15.6. The molecule has 35 heavy (non-hydrogen) atoms. The Morgan fingerprint density at radius 1 is 0.914 bits per heavy atom. The monoisotopic (exact) mass is 511 g/mol. The fraction of sp³-hybridized carbons (Fsp3) is 0.357. The van der Waals surface area contributed by atoms with Gasteiger partial charge in [-0.05, 0) is 92.5 Å². The first-order chi connectivity index (χ1) is 17.0. The van der Waals surface area contributed by atoms with Gasteiger partial charge in [-0.3, -0.25) is 4.79 Å². The van der Waals surface area contributed by atoms with Crippen molar-refractivity contribution >= 4 is 40.8 Å². The second kappa shape index (κ2) is 10.5. The van der Waals surface area contributed by atoms with Crippen molar-refractivity contribution in [2.75, 3.05) is 13.1 Å². The van der Waals surface area contributed by atoms with Crippen molar-refractivity contribution in [3.8, 4) is 5.69 Å². The Morgan fingerprint density at radius 3 is 2.37 bits per heavy atom. The first-order valence-electron chi connectivity index (χ1n) is 12.3. The molecule has 1 aliphatic heterocycles. The van der Waals surface area contributed by atoms with Gasteiger partial charge in [-0.2, -0.15) is 5.10 Å². The highest BCUT2D eigenvalue weighted by atomic mass is 35.5. The van der Waals surface area contributed by atoms with Gasteiger partial charge in [0.1, 0.15) is 5.82 Å². The van der Waals surface area contributed by atoms with Crippen LogP contribution < -0.4 is 0 Å². The third kappa shape index (κ3) is 5.17. The van der Waals surface area contributed by atoms with Crippen LogP contribution in [0.1, 0.15) is 72.3 Å². The highest BCUT2D eigenvalue weighted by molar-refractivity contribution is 6.35. The lowest BCUT2D eigenvalue weighted by atomic mass is 9.91. The second-order valence-electron chi connectivity index (χ2n) is 9.32. The molecule has 4 nitrogen and oxygen atoms in total. The molecule has 0 radical (unpaired) electrons. The Balaban J connectivity index is 1.71. The molecule has 0 bridgehead atoms. The number of halogens is 3. The third-order valence-corrected chi connectivity index (χ3v) is 7.39. The van der Waals surface area contributed by atoms with E-state index in [1.54, 1.807) is 24.3 Å². The van der Waals surface area contributed by atoms with Crippen LogP contribution in [0.15, 0.2) is 42.5 Å². The van der Waals surface area contributed by atoms with Crippen LogP contribution in [0.5, 0.6) is 0 Å². The molecule has 1 saturated heterocycles. The van der Waals surface area contributed by atoms with Crippen LogP contribution in [-0.4, -0.2) is 33.7 Å². The quantitative estimate of drug-likeness (QED) is 0.363. The van der Waals surface area contributed by atoms with Crippen molar-refractivity contribution in [3.05, 3.63) is 80.8 Å². The number of amides is 1. The van der Waals surface area contributed by atoms with E-state index in [2.05, 4.69) is 6.08 Å². The molecule has 1 amide bonds. The molecule has 3 aromatic rings. The van der Waals surface area contributed by atoms with E-state index >= 15 is 0 Å². The smallest absolute Gasteiger partial charge is 0.274 e. The van der Waals surface area contributed by atoms with Crippen molar-refractivity contribution in [2.45, 2.75) is 51.4 Å². The van der Waals surface area contributed by atoms with Crippen LogP contribution in [0.4, 0.5) is 4.39 Å². The van der Waals surface area contributed by atoms with Crippen LogP contribution >= 0.6 is 23.2 Å². The molecule has 1 aromatic heterocycles. The fourth-order valence-corrected chi connectivity index (χ4v) is 5.56. The minimum Gasteiger partial charge on any atom is -0.337 e. The fourth-order valence-electron chi connectivity index (χ4n) is 5.08. The number of hydrogen-bond acceptors (Lipinski definition) is 2. The van der Waals surface area contributed by atoms with Crippen molar-refractivity contribution in [3.63, 3.8) is 0 Å². The molecule has 0 atom stereocenters. The summed E-state index contributed by atoms with van der Waals surface area (Å²) in [6.45, 7) is 1.53. The van der Waals surface area contributed by atoms with Crippen molar-refractivity contribution in [2.24, 2.45) is 0 Å². The molecule has 7 heteroatoms. The molecule has 1 aliphatic carbocycles. The van der Waals surface area contributed by atoms with E-state index in [0.717, 1.165) is 86.9 Å². The van der Waals surface area contributed by atoms with Gasteiger partial charge in [-0.25, -0.2) is 9.07 Å². The van der Waals surface area contributed by atoms with Gasteiger partial charge in [0.25, 0.3) is 5.91 Å². The van der Waals surface area contributed by atoms with Gasteiger partial charge in [0.2, 0.25) is 0 Å². The van der Waals surface area contributed by atoms with E-state index in [1.807, 2.05) is 15.6 Å². The molecule has 0 unspecified atom stereocenters. The third-order valence-electron chi connectivity index (χ3n) is 6.86. The maximum absolute atomic E-state index is 13.7. The number of fused-ring (bicyclic) bond motifs is 1. The molecule has 2 aromatic carbocycles. The van der Waals surface area contributed by atoms with Crippen molar-refractivity contribution in [1.29, 1.82) is 0 Å². The normalized spacial score (nSPS) is 17.7. The minimum atomic E-state index is -0.266. The first kappa shape index (κ1) is 24.1. The predicted molar refractivity (Wildman–Crippen MR) is 140 cm³/mol. The zero-order chi connectivity index (χ0) is 24.4. The number of aromatic nitrogens is 2. The number of piperidine rings is 1. The van der Waals surface area contributed by atoms with Crippen LogP contribution in [-0.2, 0) is 6.42 Å². The SMILES string of the molecule is O=C(c1nn(-c2ccc(Cl)cc2Cl)c2c1CCCCC/C2=C\c1ccc(F)cc1)N1CCCCC1. The standard InChI is InChI=1S/C28H28Cl2FN3O/c29-21-11-14-25(24(30)18-21)34-27-20(17-19-9-12-22(31)13-10-19)7-3-1-4-8-23(27)26(32-34)28(35)33-15-5-2-6-16-33/h9-14,17-18H,1-8,15-16H2/b20-17+. The molecule has 5 rings (SSSR count). The van der Waals surface area contributed by atoms with E-state index in [-0.39, 0.29) is 11.7 Å². The Morgan fingerprint density at radius 2 is 1.63 bits per heavy atom. The van der Waals surface area contributed by atoms with Gasteiger partial charge >= 0.3 is 0 Å². The van der Waals surface area contributed by atoms with E-state index in [9.17, 15) is 9.18 Å². The van der Waals surface area contributed by atoms with Gasteiger partial charge in [0, 0.05) is 23.7 Å². The number of likely N-dealkylation sites (tertiary alicyclic amines) is 1. The van der Waals surface area contributed by atoms with Gasteiger partial charge in [-0.1, -0.05) is 41.8 Å². The molecule has 2 heterocycles. The zero-order valence-electron chi connectivity index (χ0n) is 19.6. The predicted octanol–water partition coefficient (Wildman–Crippen LogP) is 7.60. The lowest BCUT2D eigenvalue weighted by molar-refractivity contribution is 0.0716. The molecule has 0 spiro atoms. The highest BCUT2D eigenvalue weighted by Crippen LogP contribution is 2.36. The Labute approximate surface area is 215 Å². The van der Waals surface area contributed by atoms with Crippen LogP contribution in [0.2, 0.25) is 10.0 Å². The maximum atomic E-state index is 13.7. The average molecular weight is 512 g/mol. The number of rotatable bonds is 3. The van der Waals surface area contributed by atoms with Gasteiger partial charge in [0.15, 0.2) is 5.69 Å². The Bertz CT molecular complexity index is 1260. The Kier molecular flexibility index (Phi) is 7.26. The maximum Gasteiger partial charge on any atom is 0.274 e. The highest BCUT2D eigenvalue weighted by Gasteiger charge is 2.30. The molecular weight excluding hydrogens is 484 g/mol. The second-order valence-corrected chi connectivity index (χ2v) is 10.2. The topological polar surface area (TPSA) is 38.1 Å². The number of hydrogen-bond donors (Lipinski definition) is 0. The van der Waals surface area contributed by atoms with E-state index < -0.39 is 0 Å². The molecule has 182 valence electrons.